The Morgan fingerprint density at radius 1 is 1.15 bits per heavy atom. The first kappa shape index (κ1) is 18.5. The molecule has 0 aromatic heterocycles. The second kappa shape index (κ2) is 7.50. The maximum Gasteiger partial charge on any atom is 0.295 e. The lowest BCUT2D eigenvalue weighted by Crippen LogP contribution is -2.29. The Morgan fingerprint density at radius 3 is 2.33 bits per heavy atom. The van der Waals surface area contributed by atoms with Crippen molar-refractivity contribution in [3.63, 3.8) is 0 Å². The molecule has 138 valence electrons. The van der Waals surface area contributed by atoms with Crippen LogP contribution in [0.25, 0.3) is 5.76 Å². The number of ketones is 1. The van der Waals surface area contributed by atoms with Crippen LogP contribution >= 0.6 is 0 Å². The topological polar surface area (TPSA) is 66.8 Å². The van der Waals surface area contributed by atoms with Crippen LogP contribution in [0.2, 0.25) is 0 Å². The first-order valence-corrected chi connectivity index (χ1v) is 8.58. The minimum absolute atomic E-state index is 0.0795. The number of aliphatic hydroxyl groups excluding tert-OH is 1. The van der Waals surface area contributed by atoms with Crippen molar-refractivity contribution >= 4 is 17.4 Å². The lowest BCUT2D eigenvalue weighted by molar-refractivity contribution is -0.139. The first-order valence-electron chi connectivity index (χ1n) is 8.58. The second-order valence-electron chi connectivity index (χ2n) is 6.38. The molecule has 1 saturated heterocycles. The normalized spacial score (nSPS) is 18.6. The van der Waals surface area contributed by atoms with Crippen molar-refractivity contribution in [2.45, 2.75) is 13.0 Å². The molecule has 1 fully saturated rings. The van der Waals surface area contributed by atoms with Crippen LogP contribution in [0.1, 0.15) is 22.7 Å². The number of amides is 1. The molecule has 1 aliphatic rings. The fourth-order valence-electron chi connectivity index (χ4n) is 3.21. The van der Waals surface area contributed by atoms with Gasteiger partial charge in [0.05, 0.1) is 18.7 Å². The molecule has 5 nitrogen and oxygen atoms in total. The smallest absolute Gasteiger partial charge is 0.295 e. The first-order chi connectivity index (χ1) is 13.0. The van der Waals surface area contributed by atoms with Crippen LogP contribution in [0.4, 0.5) is 0 Å². The number of aliphatic hydroxyl groups is 1. The molecule has 3 rings (SSSR count). The van der Waals surface area contributed by atoms with E-state index in [1.54, 1.807) is 49.6 Å². The van der Waals surface area contributed by atoms with Gasteiger partial charge in [-0.15, -0.1) is 6.58 Å². The van der Waals surface area contributed by atoms with Gasteiger partial charge in [-0.1, -0.05) is 48.0 Å². The van der Waals surface area contributed by atoms with Gasteiger partial charge in [-0.05, 0) is 24.6 Å². The number of ether oxygens (including phenoxy) is 1. The van der Waals surface area contributed by atoms with Gasteiger partial charge < -0.3 is 14.7 Å². The fraction of sp³-hybridized carbons (Fsp3) is 0.182. The molecular formula is C22H21NO4. The van der Waals surface area contributed by atoms with Gasteiger partial charge in [-0.25, -0.2) is 0 Å². The second-order valence-corrected chi connectivity index (χ2v) is 6.38. The van der Waals surface area contributed by atoms with Gasteiger partial charge in [-0.3, -0.25) is 9.59 Å². The average Bonchev–Trinajstić information content (AvgIpc) is 2.93. The maximum atomic E-state index is 12.7. The Morgan fingerprint density at radius 2 is 1.78 bits per heavy atom. The molecule has 1 N–H and O–H groups in total. The summed E-state index contributed by atoms with van der Waals surface area (Å²) in [5.41, 5.74) is 2.32. The van der Waals surface area contributed by atoms with E-state index in [2.05, 4.69) is 6.58 Å². The molecule has 0 saturated carbocycles. The van der Waals surface area contributed by atoms with Crippen LogP contribution in [0.3, 0.4) is 0 Å². The largest absolute Gasteiger partial charge is 0.507 e. The van der Waals surface area contributed by atoms with E-state index >= 15 is 0 Å². The molecule has 0 bridgehead atoms. The number of nitrogens with zero attached hydrogens (tertiary/aromatic N) is 1. The number of Topliss-reactive ketones (excluding diaryl/α,β-unsaturated/α-hetero) is 1. The van der Waals surface area contributed by atoms with Crippen LogP contribution in [-0.2, 0) is 9.59 Å². The predicted octanol–water partition coefficient (Wildman–Crippen LogP) is 3.61. The van der Waals surface area contributed by atoms with Crippen molar-refractivity contribution in [1.29, 1.82) is 0 Å². The Kier molecular flexibility index (Phi) is 5.12. The number of hydrogen-bond acceptors (Lipinski definition) is 4. The molecule has 27 heavy (non-hydrogen) atoms. The predicted molar refractivity (Wildman–Crippen MR) is 103 cm³/mol. The van der Waals surface area contributed by atoms with Crippen LogP contribution in [0.5, 0.6) is 5.75 Å². The molecule has 1 aliphatic heterocycles. The third kappa shape index (κ3) is 3.36. The van der Waals surface area contributed by atoms with Crippen molar-refractivity contribution < 1.29 is 19.4 Å². The summed E-state index contributed by atoms with van der Waals surface area (Å²) >= 11 is 0. The fourth-order valence-corrected chi connectivity index (χ4v) is 3.21. The molecule has 1 atom stereocenters. The highest BCUT2D eigenvalue weighted by Gasteiger charge is 2.45. The Hall–Kier alpha value is -3.34. The number of likely N-dealkylation sites (tertiary alicyclic amines) is 1. The summed E-state index contributed by atoms with van der Waals surface area (Å²) in [5, 5.41) is 10.8. The Labute approximate surface area is 158 Å². The zero-order valence-corrected chi connectivity index (χ0v) is 15.3. The van der Waals surface area contributed by atoms with E-state index in [-0.39, 0.29) is 17.9 Å². The number of hydrogen-bond donors (Lipinski definition) is 1. The monoisotopic (exact) mass is 363 g/mol. The molecule has 2 aromatic carbocycles. The van der Waals surface area contributed by atoms with E-state index in [0.29, 0.717) is 16.9 Å². The highest BCUT2D eigenvalue weighted by Crippen LogP contribution is 2.39. The highest BCUT2D eigenvalue weighted by molar-refractivity contribution is 6.46. The minimum Gasteiger partial charge on any atom is -0.507 e. The third-order valence-electron chi connectivity index (χ3n) is 4.62. The van der Waals surface area contributed by atoms with Gasteiger partial charge in [0.15, 0.2) is 0 Å². The van der Waals surface area contributed by atoms with Crippen molar-refractivity contribution in [2.24, 2.45) is 0 Å². The van der Waals surface area contributed by atoms with E-state index in [1.807, 2.05) is 19.1 Å². The zero-order valence-electron chi connectivity index (χ0n) is 15.3. The minimum atomic E-state index is -0.698. The number of aryl methyl sites for hydroxylation is 1. The standard InChI is InChI=1S/C22H21NO4/c1-4-13-23-19(15-9-11-17(27-3)12-10-15)18(21(25)22(23)26)20(24)16-7-5-14(2)6-8-16/h4-12,19,24H,1,13H2,2-3H3/b20-18-. The lowest BCUT2D eigenvalue weighted by atomic mass is 9.95. The van der Waals surface area contributed by atoms with Crippen molar-refractivity contribution in [1.82, 2.24) is 4.90 Å². The summed E-state index contributed by atoms with van der Waals surface area (Å²) in [7, 11) is 1.57. The molecule has 1 unspecified atom stereocenters. The summed E-state index contributed by atoms with van der Waals surface area (Å²) in [6.07, 6.45) is 1.56. The number of methoxy groups -OCH3 is 1. The van der Waals surface area contributed by atoms with Crippen molar-refractivity contribution in [2.75, 3.05) is 13.7 Å². The molecule has 1 amide bonds. The molecule has 0 spiro atoms. The third-order valence-corrected chi connectivity index (χ3v) is 4.62. The summed E-state index contributed by atoms with van der Waals surface area (Å²) in [4.78, 5) is 26.7. The maximum absolute atomic E-state index is 12.7. The Balaban J connectivity index is 2.16. The molecular weight excluding hydrogens is 342 g/mol. The van der Waals surface area contributed by atoms with Crippen LogP contribution in [-0.4, -0.2) is 35.4 Å². The lowest BCUT2D eigenvalue weighted by Gasteiger charge is -2.24. The van der Waals surface area contributed by atoms with Gasteiger partial charge in [0.2, 0.25) is 0 Å². The molecule has 1 heterocycles. The van der Waals surface area contributed by atoms with E-state index < -0.39 is 17.7 Å². The van der Waals surface area contributed by atoms with E-state index in [1.165, 1.54) is 4.90 Å². The number of carbonyl (C=O) groups is 2. The van der Waals surface area contributed by atoms with Crippen molar-refractivity contribution in [3.05, 3.63) is 83.4 Å². The summed E-state index contributed by atoms with van der Waals surface area (Å²) in [6, 6.07) is 13.6. The molecule has 2 aromatic rings. The number of carbonyl (C=O) groups excluding carboxylic acids is 2. The van der Waals surface area contributed by atoms with Crippen LogP contribution < -0.4 is 4.74 Å². The van der Waals surface area contributed by atoms with Gasteiger partial charge >= 0.3 is 0 Å². The summed E-state index contributed by atoms with van der Waals surface area (Å²) in [6.45, 7) is 5.81. The van der Waals surface area contributed by atoms with E-state index in [0.717, 1.165) is 5.56 Å². The van der Waals surface area contributed by atoms with Crippen molar-refractivity contribution in [3.8, 4) is 5.75 Å². The highest BCUT2D eigenvalue weighted by atomic mass is 16.5. The Bertz CT molecular complexity index is 910. The van der Waals surface area contributed by atoms with Crippen LogP contribution in [0.15, 0.2) is 66.8 Å². The SMILES string of the molecule is C=CCN1C(=O)C(=O)/C(=C(\O)c2ccc(C)cc2)C1c1ccc(OC)cc1. The quantitative estimate of drug-likeness (QED) is 0.381. The van der Waals surface area contributed by atoms with E-state index in [9.17, 15) is 14.7 Å². The number of benzene rings is 2. The van der Waals surface area contributed by atoms with Gasteiger partial charge in [0, 0.05) is 12.1 Å². The summed E-state index contributed by atoms with van der Waals surface area (Å²) < 4.78 is 5.18. The summed E-state index contributed by atoms with van der Waals surface area (Å²) in [5.74, 6) is -0.862. The average molecular weight is 363 g/mol. The molecule has 5 heteroatoms. The van der Waals surface area contributed by atoms with Gasteiger partial charge in [0.25, 0.3) is 11.7 Å². The zero-order chi connectivity index (χ0) is 19.6. The number of rotatable bonds is 5. The molecule has 0 radical (unpaired) electrons. The van der Waals surface area contributed by atoms with E-state index in [4.69, 9.17) is 4.74 Å². The molecule has 0 aliphatic carbocycles. The van der Waals surface area contributed by atoms with Gasteiger partial charge in [0.1, 0.15) is 11.5 Å². The van der Waals surface area contributed by atoms with Gasteiger partial charge in [-0.2, -0.15) is 0 Å². The van der Waals surface area contributed by atoms with Crippen LogP contribution in [0, 0.1) is 6.92 Å².